The van der Waals surface area contributed by atoms with Crippen molar-refractivity contribution in [2.45, 2.75) is 12.1 Å². The van der Waals surface area contributed by atoms with E-state index in [1.165, 1.54) is 6.07 Å². The number of alkyl halides is 4. The molecule has 0 fully saturated rings. The summed E-state index contributed by atoms with van der Waals surface area (Å²) in [5.41, 5.74) is 4.58. The number of benzene rings is 1. The Hall–Kier alpha value is -0.420. The van der Waals surface area contributed by atoms with Crippen molar-refractivity contribution in [3.05, 3.63) is 27.7 Å². The highest BCUT2D eigenvalue weighted by Gasteiger charge is 2.34. The number of rotatable bonds is 1. The number of halogens is 5. The van der Waals surface area contributed by atoms with E-state index >= 15 is 0 Å². The van der Waals surface area contributed by atoms with Gasteiger partial charge in [0.1, 0.15) is 0 Å². The fraction of sp³-hybridized carbons (Fsp3) is 0.250. The maximum Gasteiger partial charge on any atom is 0.416 e. The van der Waals surface area contributed by atoms with Crippen molar-refractivity contribution >= 4 is 33.2 Å². The van der Waals surface area contributed by atoms with Crippen LogP contribution in [0.2, 0.25) is 0 Å². The Balaban J connectivity index is 3.40. The molecule has 0 unspecified atom stereocenters. The molecule has 78 valence electrons. The minimum Gasteiger partial charge on any atom is -0.398 e. The first-order valence-electron chi connectivity index (χ1n) is 3.57. The second-order valence-electron chi connectivity index (χ2n) is 2.65. The first-order chi connectivity index (χ1) is 6.36. The van der Waals surface area contributed by atoms with E-state index in [1.807, 2.05) is 0 Å². The van der Waals surface area contributed by atoms with Gasteiger partial charge in [-0.05, 0) is 12.1 Å². The van der Waals surface area contributed by atoms with Crippen LogP contribution < -0.4 is 5.73 Å². The van der Waals surface area contributed by atoms with Crippen LogP contribution in [0.25, 0.3) is 0 Å². The summed E-state index contributed by atoms with van der Waals surface area (Å²) in [5.74, 6) is -0.256. The van der Waals surface area contributed by atoms with Gasteiger partial charge in [0.05, 0.1) is 11.4 Å². The molecule has 0 amide bonds. The fourth-order valence-electron chi connectivity index (χ4n) is 1.06. The molecule has 0 bridgehead atoms. The zero-order chi connectivity index (χ0) is 10.9. The summed E-state index contributed by atoms with van der Waals surface area (Å²) in [5, 5.41) is 0. The van der Waals surface area contributed by atoms with Gasteiger partial charge in [-0.15, -0.1) is 11.6 Å². The largest absolute Gasteiger partial charge is 0.416 e. The van der Waals surface area contributed by atoms with E-state index in [-0.39, 0.29) is 21.6 Å². The van der Waals surface area contributed by atoms with Crippen molar-refractivity contribution < 1.29 is 13.2 Å². The second kappa shape index (κ2) is 3.98. The molecule has 2 N–H and O–H groups in total. The minimum atomic E-state index is -4.43. The zero-order valence-electron chi connectivity index (χ0n) is 6.83. The molecular weight excluding hydrogens is 282 g/mol. The lowest BCUT2D eigenvalue weighted by atomic mass is 10.1. The smallest absolute Gasteiger partial charge is 0.398 e. The molecule has 1 nitrogen and oxygen atoms in total. The lowest BCUT2D eigenvalue weighted by molar-refractivity contribution is -0.138. The summed E-state index contributed by atoms with van der Waals surface area (Å²) >= 11 is 8.35. The van der Waals surface area contributed by atoms with Gasteiger partial charge in [0.25, 0.3) is 0 Å². The predicted molar refractivity (Wildman–Crippen MR) is 53.1 cm³/mol. The summed E-state index contributed by atoms with van der Waals surface area (Å²) in [4.78, 5) is 0. The molecule has 1 rings (SSSR count). The van der Waals surface area contributed by atoms with Gasteiger partial charge in [-0.25, -0.2) is 0 Å². The zero-order valence-corrected chi connectivity index (χ0v) is 9.17. The first kappa shape index (κ1) is 11.7. The average Bonchev–Trinajstić information content (AvgIpc) is 2.01. The fourth-order valence-corrected chi connectivity index (χ4v) is 1.83. The Morgan fingerprint density at radius 3 is 2.36 bits per heavy atom. The monoisotopic (exact) mass is 287 g/mol. The van der Waals surface area contributed by atoms with Crippen LogP contribution in [0.4, 0.5) is 18.9 Å². The molecule has 0 radical (unpaired) electrons. The van der Waals surface area contributed by atoms with Crippen LogP contribution in [0.5, 0.6) is 0 Å². The van der Waals surface area contributed by atoms with Gasteiger partial charge < -0.3 is 5.73 Å². The van der Waals surface area contributed by atoms with Gasteiger partial charge in [-0.1, -0.05) is 15.9 Å². The Morgan fingerprint density at radius 2 is 1.93 bits per heavy atom. The molecule has 0 aliphatic heterocycles. The quantitative estimate of drug-likeness (QED) is 0.617. The van der Waals surface area contributed by atoms with E-state index in [0.29, 0.717) is 0 Å². The second-order valence-corrected chi connectivity index (χ2v) is 3.84. The molecule has 0 saturated heterocycles. The Kier molecular flexibility index (Phi) is 3.32. The summed E-state index contributed by atoms with van der Waals surface area (Å²) in [6.07, 6.45) is -4.43. The van der Waals surface area contributed by atoms with Gasteiger partial charge in [-0.3, -0.25) is 0 Å². The molecule has 0 aromatic heterocycles. The topological polar surface area (TPSA) is 26.0 Å². The molecule has 0 aliphatic rings. The number of hydrogen-bond donors (Lipinski definition) is 1. The van der Waals surface area contributed by atoms with Crippen molar-refractivity contribution in [3.8, 4) is 0 Å². The molecule has 1 aromatic rings. The van der Waals surface area contributed by atoms with Crippen molar-refractivity contribution in [1.82, 2.24) is 0 Å². The maximum absolute atomic E-state index is 12.5. The lowest BCUT2D eigenvalue weighted by Crippen LogP contribution is -2.10. The van der Waals surface area contributed by atoms with E-state index < -0.39 is 11.7 Å². The van der Waals surface area contributed by atoms with Crippen molar-refractivity contribution in [2.24, 2.45) is 0 Å². The molecule has 14 heavy (non-hydrogen) atoms. The maximum atomic E-state index is 12.5. The number of nitrogen functional groups attached to an aromatic ring is 1. The molecule has 0 heterocycles. The van der Waals surface area contributed by atoms with Gasteiger partial charge >= 0.3 is 6.18 Å². The van der Waals surface area contributed by atoms with Crippen molar-refractivity contribution in [1.29, 1.82) is 0 Å². The normalized spacial score (nSPS) is 11.8. The van der Waals surface area contributed by atoms with E-state index in [2.05, 4.69) is 15.9 Å². The van der Waals surface area contributed by atoms with Crippen LogP contribution in [0.3, 0.4) is 0 Å². The van der Waals surface area contributed by atoms with Gasteiger partial charge in [0.15, 0.2) is 0 Å². The lowest BCUT2D eigenvalue weighted by Gasteiger charge is -2.13. The Bertz CT molecular complexity index is 351. The summed E-state index contributed by atoms with van der Waals surface area (Å²) in [7, 11) is 0. The van der Waals surface area contributed by atoms with Crippen LogP contribution in [0.1, 0.15) is 11.1 Å². The Labute approximate surface area is 92.2 Å². The summed E-state index contributed by atoms with van der Waals surface area (Å²) in [6, 6.07) is 2.36. The first-order valence-corrected chi connectivity index (χ1v) is 4.90. The minimum absolute atomic E-state index is 0.0432. The third-order valence-electron chi connectivity index (χ3n) is 1.69. The predicted octanol–water partition coefficient (Wildman–Crippen LogP) is 3.79. The molecule has 0 saturated carbocycles. The van der Waals surface area contributed by atoms with Crippen molar-refractivity contribution in [3.63, 3.8) is 0 Å². The highest BCUT2D eigenvalue weighted by Crippen LogP contribution is 2.37. The number of anilines is 1. The van der Waals surface area contributed by atoms with Gasteiger partial charge in [0.2, 0.25) is 0 Å². The van der Waals surface area contributed by atoms with Crippen molar-refractivity contribution in [2.75, 3.05) is 5.73 Å². The molecule has 0 aliphatic carbocycles. The van der Waals surface area contributed by atoms with E-state index in [0.717, 1.165) is 6.07 Å². The average molecular weight is 288 g/mol. The Morgan fingerprint density at radius 1 is 1.36 bits per heavy atom. The third kappa shape index (κ3) is 2.33. The van der Waals surface area contributed by atoms with Crippen LogP contribution in [0, 0.1) is 0 Å². The standard InChI is InChI=1S/C8H6BrClF3N/c9-4-1-6(8(11,12)13)5(3-10)7(14)2-4/h1-2H,3,14H2. The third-order valence-corrected chi connectivity index (χ3v) is 2.41. The van der Waals surface area contributed by atoms with Crippen LogP contribution in [-0.4, -0.2) is 0 Å². The molecule has 0 atom stereocenters. The summed E-state index contributed by atoms with van der Waals surface area (Å²) < 4.78 is 37.7. The van der Waals surface area contributed by atoms with Gasteiger partial charge in [0, 0.05) is 15.7 Å². The molecule has 6 heteroatoms. The van der Waals surface area contributed by atoms with Crippen LogP contribution in [0.15, 0.2) is 16.6 Å². The highest BCUT2D eigenvalue weighted by atomic mass is 79.9. The van der Waals surface area contributed by atoms with E-state index in [9.17, 15) is 13.2 Å². The van der Waals surface area contributed by atoms with E-state index in [4.69, 9.17) is 17.3 Å². The molecular formula is C8H6BrClF3N. The van der Waals surface area contributed by atoms with Crippen LogP contribution in [-0.2, 0) is 12.1 Å². The number of hydrogen-bond acceptors (Lipinski definition) is 1. The molecule has 0 spiro atoms. The highest BCUT2D eigenvalue weighted by molar-refractivity contribution is 9.10. The van der Waals surface area contributed by atoms with E-state index in [1.54, 1.807) is 0 Å². The summed E-state index contributed by atoms with van der Waals surface area (Å²) in [6.45, 7) is 0. The van der Waals surface area contributed by atoms with Crippen LogP contribution >= 0.6 is 27.5 Å². The molecule has 1 aromatic carbocycles. The SMILES string of the molecule is Nc1cc(Br)cc(C(F)(F)F)c1CCl. The number of nitrogens with two attached hydrogens (primary N) is 1. The van der Waals surface area contributed by atoms with Gasteiger partial charge in [-0.2, -0.15) is 13.2 Å².